The number of benzene rings is 1. The lowest BCUT2D eigenvalue weighted by molar-refractivity contribution is 0.0335. The Balaban J connectivity index is 3.08. The highest BCUT2D eigenvalue weighted by molar-refractivity contribution is 7.80. The van der Waals surface area contributed by atoms with Gasteiger partial charge in [-0.2, -0.15) is 12.6 Å². The maximum absolute atomic E-state index is 11.3. The minimum absolute atomic E-state index is 0.0598. The minimum atomic E-state index is -1.17. The van der Waals surface area contributed by atoms with Crippen LogP contribution in [0.5, 0.6) is 5.75 Å². The van der Waals surface area contributed by atoms with E-state index in [2.05, 4.69) is 17.4 Å². The summed E-state index contributed by atoms with van der Waals surface area (Å²) in [4.78, 5) is 11.3. The van der Waals surface area contributed by atoms with Crippen LogP contribution in [0.15, 0.2) is 18.2 Å². The number of phenolic OH excluding ortho intramolecular Hbond substituents is 1. The van der Waals surface area contributed by atoms with Crippen molar-refractivity contribution in [2.24, 2.45) is 0 Å². The summed E-state index contributed by atoms with van der Waals surface area (Å²) in [5, 5.41) is 28.6. The molecule has 0 fully saturated rings. The van der Waals surface area contributed by atoms with Crippen molar-refractivity contribution >= 4 is 18.6 Å². The number of methoxy groups -OCH3 is 1. The van der Waals surface area contributed by atoms with E-state index < -0.39 is 18.2 Å². The highest BCUT2D eigenvalue weighted by Crippen LogP contribution is 2.25. The standard InChI is InChI=1S/C11H14O5S/c1-16-11(15)7-4-6(2-3-8(7)12)10(14)9(13)5-17/h2-4,9-10,12-14,17H,5H2,1H3. The van der Waals surface area contributed by atoms with Gasteiger partial charge in [0.1, 0.15) is 17.4 Å². The third-order valence-electron chi connectivity index (χ3n) is 2.32. The van der Waals surface area contributed by atoms with Gasteiger partial charge in [0.05, 0.1) is 13.2 Å². The van der Waals surface area contributed by atoms with E-state index in [-0.39, 0.29) is 17.1 Å². The number of hydrogen-bond acceptors (Lipinski definition) is 6. The largest absolute Gasteiger partial charge is 0.507 e. The van der Waals surface area contributed by atoms with Gasteiger partial charge in [-0.05, 0) is 17.7 Å². The van der Waals surface area contributed by atoms with E-state index in [1.54, 1.807) is 0 Å². The van der Waals surface area contributed by atoms with Crippen molar-refractivity contribution in [1.29, 1.82) is 0 Å². The summed E-state index contributed by atoms with van der Waals surface area (Å²) in [6, 6.07) is 3.95. The van der Waals surface area contributed by atoms with Gasteiger partial charge in [0.25, 0.3) is 0 Å². The molecule has 3 N–H and O–H groups in total. The van der Waals surface area contributed by atoms with Gasteiger partial charge in [-0.25, -0.2) is 4.79 Å². The van der Waals surface area contributed by atoms with Crippen molar-refractivity contribution in [2.45, 2.75) is 12.2 Å². The number of aliphatic hydroxyl groups is 2. The molecule has 17 heavy (non-hydrogen) atoms. The van der Waals surface area contributed by atoms with E-state index in [0.717, 1.165) is 0 Å². The topological polar surface area (TPSA) is 87.0 Å². The lowest BCUT2D eigenvalue weighted by Crippen LogP contribution is -2.20. The molecule has 6 heteroatoms. The average Bonchev–Trinajstić information content (AvgIpc) is 2.36. The molecule has 2 unspecified atom stereocenters. The van der Waals surface area contributed by atoms with Crippen LogP contribution in [-0.4, -0.2) is 40.3 Å². The number of aliphatic hydroxyl groups excluding tert-OH is 2. The Hall–Kier alpha value is -1.24. The molecule has 0 spiro atoms. The first kappa shape index (κ1) is 13.8. The fourth-order valence-electron chi connectivity index (χ4n) is 1.33. The number of ether oxygens (including phenoxy) is 1. The van der Waals surface area contributed by atoms with Crippen molar-refractivity contribution in [3.05, 3.63) is 29.3 Å². The summed E-state index contributed by atoms with van der Waals surface area (Å²) >= 11 is 3.86. The van der Waals surface area contributed by atoms with Crippen LogP contribution in [0.1, 0.15) is 22.0 Å². The molecule has 0 aliphatic rings. The third kappa shape index (κ3) is 3.12. The first-order valence-corrected chi connectivity index (χ1v) is 5.52. The highest BCUT2D eigenvalue weighted by Gasteiger charge is 2.20. The molecule has 0 aliphatic carbocycles. The molecule has 0 heterocycles. The van der Waals surface area contributed by atoms with Crippen molar-refractivity contribution in [2.75, 3.05) is 12.9 Å². The van der Waals surface area contributed by atoms with E-state index in [1.165, 1.54) is 25.3 Å². The predicted octanol–water partition coefficient (Wildman–Crippen LogP) is 0.503. The normalized spacial score (nSPS) is 14.1. The number of aromatic hydroxyl groups is 1. The minimum Gasteiger partial charge on any atom is -0.507 e. The zero-order valence-corrected chi connectivity index (χ0v) is 10.1. The number of carbonyl (C=O) groups excluding carboxylic acids is 1. The molecule has 1 rings (SSSR count). The summed E-state index contributed by atoms with van der Waals surface area (Å²) in [5.74, 6) is -0.875. The number of esters is 1. The number of phenols is 1. The Bertz CT molecular complexity index is 407. The van der Waals surface area contributed by atoms with Crippen molar-refractivity contribution in [3.63, 3.8) is 0 Å². The molecule has 5 nitrogen and oxygen atoms in total. The Morgan fingerprint density at radius 1 is 1.47 bits per heavy atom. The average molecular weight is 258 g/mol. The molecule has 0 bridgehead atoms. The monoisotopic (exact) mass is 258 g/mol. The Morgan fingerprint density at radius 3 is 2.65 bits per heavy atom. The number of rotatable bonds is 4. The highest BCUT2D eigenvalue weighted by atomic mass is 32.1. The molecule has 0 aliphatic heterocycles. The smallest absolute Gasteiger partial charge is 0.341 e. The van der Waals surface area contributed by atoms with Gasteiger partial charge in [0.15, 0.2) is 0 Å². The molecular formula is C11H14O5S. The number of carbonyl (C=O) groups is 1. The zero-order valence-electron chi connectivity index (χ0n) is 9.20. The molecule has 94 valence electrons. The Morgan fingerprint density at radius 2 is 2.12 bits per heavy atom. The number of thiol groups is 1. The molecule has 0 radical (unpaired) electrons. The van der Waals surface area contributed by atoms with Crippen LogP contribution in [0.25, 0.3) is 0 Å². The third-order valence-corrected chi connectivity index (χ3v) is 2.69. The molecule has 1 aromatic rings. The second kappa shape index (κ2) is 5.90. The quantitative estimate of drug-likeness (QED) is 0.467. The summed E-state index contributed by atoms with van der Waals surface area (Å²) in [6.07, 6.45) is -2.22. The second-order valence-electron chi connectivity index (χ2n) is 3.46. The van der Waals surface area contributed by atoms with Crippen molar-refractivity contribution < 1.29 is 24.9 Å². The van der Waals surface area contributed by atoms with Crippen LogP contribution < -0.4 is 0 Å². The molecule has 0 amide bonds. The summed E-state index contributed by atoms with van der Waals surface area (Å²) in [6.45, 7) is 0. The molecule has 0 saturated carbocycles. The fourth-order valence-corrected chi connectivity index (χ4v) is 1.53. The van der Waals surface area contributed by atoms with Gasteiger partial charge in [-0.1, -0.05) is 6.07 Å². The molecule has 0 aromatic heterocycles. The van der Waals surface area contributed by atoms with E-state index in [4.69, 9.17) is 0 Å². The molecular weight excluding hydrogens is 244 g/mol. The van der Waals surface area contributed by atoms with Crippen LogP contribution in [0.2, 0.25) is 0 Å². The van der Waals surface area contributed by atoms with Crippen LogP contribution in [0, 0.1) is 0 Å². The molecule has 2 atom stereocenters. The first-order chi connectivity index (χ1) is 8.01. The maximum atomic E-state index is 11.3. The van der Waals surface area contributed by atoms with E-state index in [9.17, 15) is 20.1 Å². The maximum Gasteiger partial charge on any atom is 0.341 e. The number of hydrogen-bond donors (Lipinski definition) is 4. The molecule has 1 aromatic carbocycles. The van der Waals surface area contributed by atoms with E-state index in [0.29, 0.717) is 5.56 Å². The fraction of sp³-hybridized carbons (Fsp3) is 0.364. The van der Waals surface area contributed by atoms with Gasteiger partial charge in [-0.15, -0.1) is 0 Å². The summed E-state index contributed by atoms with van der Waals surface area (Å²) in [5.41, 5.74) is 0.250. The van der Waals surface area contributed by atoms with Gasteiger partial charge >= 0.3 is 5.97 Å². The van der Waals surface area contributed by atoms with Gasteiger partial charge in [0.2, 0.25) is 0 Å². The lowest BCUT2D eigenvalue weighted by atomic mass is 10.0. The Kier molecular flexibility index (Phi) is 4.80. The SMILES string of the molecule is COC(=O)c1cc(C(O)C(O)CS)ccc1O. The van der Waals surface area contributed by atoms with Crippen LogP contribution in [0.4, 0.5) is 0 Å². The van der Waals surface area contributed by atoms with Crippen molar-refractivity contribution in [1.82, 2.24) is 0 Å². The van der Waals surface area contributed by atoms with Crippen LogP contribution in [0.3, 0.4) is 0 Å². The predicted molar refractivity (Wildman–Crippen MR) is 64.3 cm³/mol. The lowest BCUT2D eigenvalue weighted by Gasteiger charge is -2.17. The second-order valence-corrected chi connectivity index (χ2v) is 3.83. The van der Waals surface area contributed by atoms with Gasteiger partial charge < -0.3 is 20.1 Å². The zero-order chi connectivity index (χ0) is 13.0. The van der Waals surface area contributed by atoms with E-state index >= 15 is 0 Å². The Labute approximate surface area is 104 Å². The van der Waals surface area contributed by atoms with Gasteiger partial charge in [-0.3, -0.25) is 0 Å². The van der Waals surface area contributed by atoms with Crippen molar-refractivity contribution in [3.8, 4) is 5.75 Å². The van der Waals surface area contributed by atoms with Crippen LogP contribution >= 0.6 is 12.6 Å². The van der Waals surface area contributed by atoms with Gasteiger partial charge in [0, 0.05) is 5.75 Å². The van der Waals surface area contributed by atoms with Crippen LogP contribution in [-0.2, 0) is 4.74 Å². The van der Waals surface area contributed by atoms with E-state index in [1.807, 2.05) is 0 Å². The first-order valence-electron chi connectivity index (χ1n) is 4.89. The summed E-state index contributed by atoms with van der Waals surface area (Å²) < 4.78 is 4.48. The molecule has 0 saturated heterocycles. The summed E-state index contributed by atoms with van der Waals surface area (Å²) in [7, 11) is 1.19.